The monoisotopic (exact) mass is 1090 g/mol. The average molecular weight is 1100 g/mol. The Hall–Kier alpha value is -4.19. The maximum atomic E-state index is 12.9. The third-order valence-corrected chi connectivity index (χ3v) is 14.0. The van der Waals surface area contributed by atoms with Crippen molar-refractivity contribution in [3.63, 3.8) is 0 Å². The van der Waals surface area contributed by atoms with Crippen molar-refractivity contribution in [2.75, 3.05) is 13.2 Å². The van der Waals surface area contributed by atoms with E-state index in [1.54, 1.807) is 0 Å². The average Bonchev–Trinajstić information content (AvgIpc) is 3.45. The topological polar surface area (TPSA) is 78.9 Å². The van der Waals surface area contributed by atoms with Crippen LogP contribution in [-0.2, 0) is 28.6 Å². The maximum absolute atomic E-state index is 12.9. The minimum absolute atomic E-state index is 0.0877. The second-order valence-electron chi connectivity index (χ2n) is 21.6. The van der Waals surface area contributed by atoms with Gasteiger partial charge in [-0.05, 0) is 109 Å². The lowest BCUT2D eigenvalue weighted by molar-refractivity contribution is -0.167. The van der Waals surface area contributed by atoms with Gasteiger partial charge in [0.15, 0.2) is 6.10 Å². The summed E-state index contributed by atoms with van der Waals surface area (Å²) in [5.41, 5.74) is 0. The number of carbonyl (C=O) groups is 3. The van der Waals surface area contributed by atoms with Gasteiger partial charge in [0.25, 0.3) is 0 Å². The van der Waals surface area contributed by atoms with E-state index in [0.29, 0.717) is 19.3 Å². The third-order valence-electron chi connectivity index (χ3n) is 14.0. The van der Waals surface area contributed by atoms with Crippen molar-refractivity contribution < 1.29 is 28.6 Å². The van der Waals surface area contributed by atoms with Crippen LogP contribution in [0.25, 0.3) is 0 Å². The van der Waals surface area contributed by atoms with Crippen LogP contribution < -0.4 is 0 Å². The van der Waals surface area contributed by atoms with E-state index in [1.807, 2.05) is 0 Å². The summed E-state index contributed by atoms with van der Waals surface area (Å²) < 4.78 is 16.9. The van der Waals surface area contributed by atoms with Gasteiger partial charge in [-0.2, -0.15) is 0 Å². The van der Waals surface area contributed by atoms with Crippen molar-refractivity contribution >= 4 is 17.9 Å². The highest BCUT2D eigenvalue weighted by atomic mass is 16.6. The fourth-order valence-electron chi connectivity index (χ4n) is 9.09. The van der Waals surface area contributed by atoms with Crippen molar-refractivity contribution in [2.45, 2.75) is 309 Å². The molecule has 0 aromatic carbocycles. The Morgan fingerprint density at radius 1 is 0.266 bits per heavy atom. The molecule has 450 valence electrons. The Morgan fingerprint density at radius 3 is 0.772 bits per heavy atom. The molecule has 0 spiro atoms. The molecule has 0 amide bonds. The van der Waals surface area contributed by atoms with Crippen LogP contribution in [0.3, 0.4) is 0 Å². The molecule has 0 aliphatic rings. The Balaban J connectivity index is 4.43. The molecule has 0 aliphatic heterocycles. The zero-order valence-electron chi connectivity index (χ0n) is 51.6. The molecular formula is C73H122O6. The minimum Gasteiger partial charge on any atom is -0.462 e. The molecule has 0 aromatic rings. The second kappa shape index (κ2) is 66.3. The van der Waals surface area contributed by atoms with E-state index in [2.05, 4.69) is 142 Å². The molecule has 0 N–H and O–H groups in total. The smallest absolute Gasteiger partial charge is 0.306 e. The molecule has 0 saturated carbocycles. The lowest BCUT2D eigenvalue weighted by Crippen LogP contribution is -2.30. The summed E-state index contributed by atoms with van der Waals surface area (Å²) in [7, 11) is 0. The molecule has 0 heterocycles. The van der Waals surface area contributed by atoms with Crippen molar-refractivity contribution in [1.29, 1.82) is 0 Å². The van der Waals surface area contributed by atoms with Gasteiger partial charge in [0, 0.05) is 19.3 Å². The Bertz CT molecular complexity index is 1640. The van der Waals surface area contributed by atoms with Gasteiger partial charge < -0.3 is 14.2 Å². The van der Waals surface area contributed by atoms with Crippen molar-refractivity contribution in [2.24, 2.45) is 0 Å². The van der Waals surface area contributed by atoms with Gasteiger partial charge in [-0.1, -0.05) is 296 Å². The number of unbranched alkanes of at least 4 members (excludes halogenated alkanes) is 28. The zero-order chi connectivity index (χ0) is 57.1. The summed E-state index contributed by atoms with van der Waals surface area (Å²) in [6.45, 7) is 6.42. The van der Waals surface area contributed by atoms with Gasteiger partial charge in [0.05, 0.1) is 0 Å². The highest BCUT2D eigenvalue weighted by Gasteiger charge is 2.19. The predicted octanol–water partition coefficient (Wildman–Crippen LogP) is 22.8. The van der Waals surface area contributed by atoms with Crippen LogP contribution in [-0.4, -0.2) is 37.2 Å². The van der Waals surface area contributed by atoms with Gasteiger partial charge in [-0.3, -0.25) is 14.4 Å². The van der Waals surface area contributed by atoms with Crippen molar-refractivity contribution in [3.8, 4) is 0 Å². The Kier molecular flexibility index (Phi) is 62.8. The summed E-state index contributed by atoms with van der Waals surface area (Å²) in [5.74, 6) is -0.909. The lowest BCUT2D eigenvalue weighted by Gasteiger charge is -2.18. The normalized spacial score (nSPS) is 12.9. The van der Waals surface area contributed by atoms with Crippen LogP contribution in [0.1, 0.15) is 303 Å². The van der Waals surface area contributed by atoms with Crippen LogP contribution in [0.4, 0.5) is 0 Å². The molecule has 1 unspecified atom stereocenters. The first-order chi connectivity index (χ1) is 39.0. The van der Waals surface area contributed by atoms with E-state index in [-0.39, 0.29) is 31.1 Å². The van der Waals surface area contributed by atoms with Crippen molar-refractivity contribution in [1.82, 2.24) is 0 Å². The second-order valence-corrected chi connectivity index (χ2v) is 21.6. The number of esters is 3. The molecule has 0 bridgehead atoms. The summed E-state index contributed by atoms with van der Waals surface area (Å²) in [5, 5.41) is 0. The number of hydrogen-bond donors (Lipinski definition) is 0. The number of allylic oxidation sites excluding steroid dienone is 20. The van der Waals surface area contributed by atoms with E-state index in [4.69, 9.17) is 14.2 Å². The van der Waals surface area contributed by atoms with Crippen molar-refractivity contribution in [3.05, 3.63) is 122 Å². The molecule has 6 nitrogen and oxygen atoms in total. The third kappa shape index (κ3) is 64.5. The fourth-order valence-corrected chi connectivity index (χ4v) is 9.09. The number of hydrogen-bond acceptors (Lipinski definition) is 6. The largest absolute Gasteiger partial charge is 0.462 e. The molecule has 1 atom stereocenters. The van der Waals surface area contributed by atoms with Crippen LogP contribution in [0.2, 0.25) is 0 Å². The van der Waals surface area contributed by atoms with Crippen LogP contribution in [0.15, 0.2) is 122 Å². The van der Waals surface area contributed by atoms with Gasteiger partial charge >= 0.3 is 17.9 Å². The van der Waals surface area contributed by atoms with E-state index in [1.165, 1.54) is 128 Å². The minimum atomic E-state index is -0.795. The summed E-state index contributed by atoms with van der Waals surface area (Å²) in [4.78, 5) is 38.4. The molecule has 0 rings (SSSR count). The van der Waals surface area contributed by atoms with E-state index in [9.17, 15) is 14.4 Å². The molecule has 0 aliphatic carbocycles. The summed E-state index contributed by atoms with van der Waals surface area (Å²) >= 11 is 0. The predicted molar refractivity (Wildman–Crippen MR) is 343 cm³/mol. The SMILES string of the molecule is CC/C=C\C/C=C\C/C=C\C/C=C\C/C=C\C/C=C\CCCCCCC(=O)OCC(COC(=O)CCCCCCCCCCCCCCCCC)OC(=O)CCCCCCCCCCCC/C=C\C/C=C\C/C=C\C/C=C\CC. The molecule has 6 heteroatoms. The molecule has 79 heavy (non-hydrogen) atoms. The van der Waals surface area contributed by atoms with Crippen LogP contribution >= 0.6 is 0 Å². The fraction of sp³-hybridized carbons (Fsp3) is 0.685. The Morgan fingerprint density at radius 2 is 0.494 bits per heavy atom. The zero-order valence-corrected chi connectivity index (χ0v) is 51.6. The van der Waals surface area contributed by atoms with Crippen LogP contribution in [0, 0.1) is 0 Å². The summed E-state index contributed by atoms with van der Waals surface area (Å²) in [6, 6.07) is 0. The first-order valence-electron chi connectivity index (χ1n) is 33.0. The van der Waals surface area contributed by atoms with E-state index < -0.39 is 6.10 Å². The molecule has 0 radical (unpaired) electrons. The van der Waals surface area contributed by atoms with Gasteiger partial charge in [-0.25, -0.2) is 0 Å². The highest BCUT2D eigenvalue weighted by Crippen LogP contribution is 2.16. The quantitative estimate of drug-likeness (QED) is 0.0261. The Labute approximate surface area is 488 Å². The van der Waals surface area contributed by atoms with Crippen LogP contribution in [0.5, 0.6) is 0 Å². The first-order valence-corrected chi connectivity index (χ1v) is 33.0. The first kappa shape index (κ1) is 74.8. The van der Waals surface area contributed by atoms with Gasteiger partial charge in [-0.15, -0.1) is 0 Å². The summed E-state index contributed by atoms with van der Waals surface area (Å²) in [6.07, 6.45) is 92.0. The highest BCUT2D eigenvalue weighted by molar-refractivity contribution is 5.71. The van der Waals surface area contributed by atoms with E-state index in [0.717, 1.165) is 135 Å². The van der Waals surface area contributed by atoms with Gasteiger partial charge in [0.1, 0.15) is 13.2 Å². The molecule has 0 fully saturated rings. The molecule has 0 saturated heterocycles. The maximum Gasteiger partial charge on any atom is 0.306 e. The lowest BCUT2D eigenvalue weighted by atomic mass is 10.0. The number of rotatable bonds is 59. The molecular weight excluding hydrogens is 973 g/mol. The number of carbonyl (C=O) groups excluding carboxylic acids is 3. The van der Waals surface area contributed by atoms with Gasteiger partial charge in [0.2, 0.25) is 0 Å². The van der Waals surface area contributed by atoms with E-state index >= 15 is 0 Å². The molecule has 0 aromatic heterocycles. The standard InChI is InChI=1S/C73H122O6/c1-4-7-10-13-16-19-22-25-28-30-32-34-36-38-40-42-45-48-51-54-57-60-63-66-72(75)78-69-70(68-77-71(74)65-62-59-56-53-50-47-44-27-24-21-18-15-12-9-6-3)79-73(76)67-64-61-58-55-52-49-46-43-41-39-37-35-33-31-29-26-23-20-17-14-11-8-5-2/h7-8,10-11,16-17,19-20,25-26,28-29,32-35,38,40,45,48,70H,4-6,9,12-15,18,21-24,27,30-31,36-37,39,41-44,46-47,49-69H2,1-3H3/b10-7-,11-8-,19-16-,20-17-,28-25-,29-26-,34-32-,35-33-,40-38-,48-45-. The number of ether oxygens (including phenoxy) is 3.